The molecule has 0 aliphatic carbocycles. The van der Waals surface area contributed by atoms with E-state index in [1.165, 1.54) is 26.4 Å². The average molecular weight is 393 g/mol. The number of methoxy groups -OCH3 is 3. The van der Waals surface area contributed by atoms with E-state index < -0.39 is 4.92 Å². The van der Waals surface area contributed by atoms with Crippen LogP contribution in [0.1, 0.15) is 0 Å². The molecule has 8 heteroatoms. The van der Waals surface area contributed by atoms with Crippen molar-refractivity contribution in [2.75, 3.05) is 21.3 Å². The third kappa shape index (κ3) is 4.16. The van der Waals surface area contributed by atoms with Crippen molar-refractivity contribution >= 4 is 17.1 Å². The second-order valence-electron chi connectivity index (χ2n) is 5.87. The first-order valence-corrected chi connectivity index (χ1v) is 8.63. The van der Waals surface area contributed by atoms with Crippen molar-refractivity contribution in [3.8, 4) is 28.4 Å². The fraction of sp³-hybridized carbons (Fsp3) is 0.143. The maximum absolute atomic E-state index is 10.9. The van der Waals surface area contributed by atoms with E-state index in [1.54, 1.807) is 43.5 Å². The van der Waals surface area contributed by atoms with Crippen LogP contribution in [0.4, 0.5) is 17.1 Å². The Bertz CT molecular complexity index is 1050. The summed E-state index contributed by atoms with van der Waals surface area (Å²) in [4.78, 5) is 10.5. The normalized spacial score (nSPS) is 10.7. The maximum atomic E-state index is 10.9. The minimum atomic E-state index is -0.443. The average Bonchev–Trinajstić information content (AvgIpc) is 2.77. The van der Waals surface area contributed by atoms with Crippen LogP contribution in [0.3, 0.4) is 0 Å². The predicted octanol–water partition coefficient (Wildman–Crippen LogP) is 5.70. The van der Waals surface area contributed by atoms with E-state index in [1.807, 2.05) is 12.1 Å². The van der Waals surface area contributed by atoms with Gasteiger partial charge in [-0.25, -0.2) is 0 Å². The molecule has 29 heavy (non-hydrogen) atoms. The van der Waals surface area contributed by atoms with E-state index in [0.717, 1.165) is 5.56 Å². The highest BCUT2D eigenvalue weighted by Crippen LogP contribution is 2.45. The largest absolute Gasteiger partial charge is 0.494 e. The molecule has 3 rings (SSSR count). The SMILES string of the molecule is COc1ccccc1N=Nc1c(OC)ccc(-c2ccc([N+](=O)[O-])cc2)c1OC. The summed E-state index contributed by atoms with van der Waals surface area (Å²) in [5, 5.41) is 19.5. The van der Waals surface area contributed by atoms with Gasteiger partial charge in [-0.05, 0) is 42.0 Å². The highest BCUT2D eigenvalue weighted by Gasteiger charge is 2.17. The highest BCUT2D eigenvalue weighted by molar-refractivity contribution is 5.80. The van der Waals surface area contributed by atoms with Crippen LogP contribution in [0.25, 0.3) is 11.1 Å². The molecule has 0 bridgehead atoms. The zero-order valence-corrected chi connectivity index (χ0v) is 16.2. The van der Waals surface area contributed by atoms with Gasteiger partial charge in [0, 0.05) is 17.7 Å². The summed E-state index contributed by atoms with van der Waals surface area (Å²) in [5.41, 5.74) is 2.41. The third-order valence-corrected chi connectivity index (χ3v) is 4.25. The van der Waals surface area contributed by atoms with Crippen molar-refractivity contribution < 1.29 is 19.1 Å². The molecule has 0 aliphatic rings. The molecule has 0 heterocycles. The smallest absolute Gasteiger partial charge is 0.269 e. The monoisotopic (exact) mass is 393 g/mol. The summed E-state index contributed by atoms with van der Waals surface area (Å²) in [6.45, 7) is 0. The molecular weight excluding hydrogens is 374 g/mol. The first-order chi connectivity index (χ1) is 14.1. The van der Waals surface area contributed by atoms with Crippen molar-refractivity contribution in [3.05, 3.63) is 70.8 Å². The lowest BCUT2D eigenvalue weighted by molar-refractivity contribution is -0.384. The van der Waals surface area contributed by atoms with Crippen LogP contribution in [0, 0.1) is 10.1 Å². The lowest BCUT2D eigenvalue weighted by atomic mass is 10.0. The van der Waals surface area contributed by atoms with Crippen LogP contribution in [0.2, 0.25) is 0 Å². The number of ether oxygens (including phenoxy) is 3. The van der Waals surface area contributed by atoms with E-state index in [2.05, 4.69) is 10.2 Å². The fourth-order valence-corrected chi connectivity index (χ4v) is 2.83. The fourth-order valence-electron chi connectivity index (χ4n) is 2.83. The highest BCUT2D eigenvalue weighted by atomic mass is 16.6. The second-order valence-corrected chi connectivity index (χ2v) is 5.87. The molecule has 3 aromatic carbocycles. The maximum Gasteiger partial charge on any atom is 0.269 e. The molecule has 8 nitrogen and oxygen atoms in total. The number of hydrogen-bond acceptors (Lipinski definition) is 7. The molecule has 0 saturated carbocycles. The van der Waals surface area contributed by atoms with Gasteiger partial charge in [0.05, 0.1) is 26.3 Å². The number of azo groups is 1. The van der Waals surface area contributed by atoms with Gasteiger partial charge in [0.1, 0.15) is 17.2 Å². The first-order valence-electron chi connectivity index (χ1n) is 8.63. The van der Waals surface area contributed by atoms with Crippen molar-refractivity contribution in [2.24, 2.45) is 10.2 Å². The van der Waals surface area contributed by atoms with Crippen LogP contribution in [0.15, 0.2) is 70.9 Å². The zero-order chi connectivity index (χ0) is 20.8. The Labute approximate surface area is 167 Å². The Morgan fingerprint density at radius 2 is 1.48 bits per heavy atom. The number of para-hydroxylation sites is 1. The number of nitro benzene ring substituents is 1. The van der Waals surface area contributed by atoms with Crippen LogP contribution in [0.5, 0.6) is 17.2 Å². The standard InChI is InChI=1S/C21H19N3O5/c1-27-18-7-5-4-6-17(18)22-23-20-19(28-2)13-12-16(21(20)29-3)14-8-10-15(11-9-14)24(25)26/h4-13H,1-3H3. The van der Waals surface area contributed by atoms with Gasteiger partial charge >= 0.3 is 0 Å². The molecule has 0 aliphatic heterocycles. The molecule has 0 radical (unpaired) electrons. The molecule has 148 valence electrons. The zero-order valence-electron chi connectivity index (χ0n) is 16.2. The summed E-state index contributed by atoms with van der Waals surface area (Å²) in [6.07, 6.45) is 0. The molecule has 0 unspecified atom stereocenters. The molecule has 0 atom stereocenters. The lowest BCUT2D eigenvalue weighted by Crippen LogP contribution is -1.93. The van der Waals surface area contributed by atoms with Gasteiger partial charge in [-0.2, -0.15) is 0 Å². The molecule has 0 saturated heterocycles. The summed E-state index contributed by atoms with van der Waals surface area (Å²) >= 11 is 0. The molecule has 0 amide bonds. The molecule has 0 N–H and O–H groups in total. The Morgan fingerprint density at radius 1 is 0.793 bits per heavy atom. The van der Waals surface area contributed by atoms with E-state index in [-0.39, 0.29) is 5.69 Å². The van der Waals surface area contributed by atoms with Gasteiger partial charge in [0.25, 0.3) is 5.69 Å². The third-order valence-electron chi connectivity index (χ3n) is 4.25. The summed E-state index contributed by atoms with van der Waals surface area (Å²) in [7, 11) is 4.61. The number of benzene rings is 3. The van der Waals surface area contributed by atoms with E-state index in [9.17, 15) is 10.1 Å². The van der Waals surface area contributed by atoms with E-state index in [0.29, 0.717) is 34.2 Å². The van der Waals surface area contributed by atoms with Gasteiger partial charge in [-0.1, -0.05) is 12.1 Å². The van der Waals surface area contributed by atoms with Crippen LogP contribution in [-0.4, -0.2) is 26.3 Å². The topological polar surface area (TPSA) is 95.6 Å². The van der Waals surface area contributed by atoms with Crippen LogP contribution in [-0.2, 0) is 0 Å². The number of hydrogen-bond donors (Lipinski definition) is 0. The van der Waals surface area contributed by atoms with Crippen molar-refractivity contribution in [3.63, 3.8) is 0 Å². The number of nitrogens with zero attached hydrogens (tertiary/aromatic N) is 3. The van der Waals surface area contributed by atoms with E-state index >= 15 is 0 Å². The van der Waals surface area contributed by atoms with Gasteiger partial charge < -0.3 is 14.2 Å². The molecular formula is C21H19N3O5. The predicted molar refractivity (Wildman–Crippen MR) is 109 cm³/mol. The molecule has 3 aromatic rings. The summed E-state index contributed by atoms with van der Waals surface area (Å²) in [6, 6.07) is 17.0. The lowest BCUT2D eigenvalue weighted by Gasteiger charge is -2.14. The van der Waals surface area contributed by atoms with Crippen molar-refractivity contribution in [1.82, 2.24) is 0 Å². The minimum absolute atomic E-state index is 0.0114. The minimum Gasteiger partial charge on any atom is -0.494 e. The molecule has 0 fully saturated rings. The van der Waals surface area contributed by atoms with Gasteiger partial charge in [0.15, 0.2) is 11.4 Å². The van der Waals surface area contributed by atoms with Crippen molar-refractivity contribution in [2.45, 2.75) is 0 Å². The van der Waals surface area contributed by atoms with Gasteiger partial charge in [0.2, 0.25) is 0 Å². The Hall–Kier alpha value is -3.94. The second kappa shape index (κ2) is 8.83. The number of rotatable bonds is 7. The quantitative estimate of drug-likeness (QED) is 0.291. The van der Waals surface area contributed by atoms with Gasteiger partial charge in [-0.15, -0.1) is 10.2 Å². The van der Waals surface area contributed by atoms with Crippen LogP contribution >= 0.6 is 0 Å². The Balaban J connectivity index is 2.09. The summed E-state index contributed by atoms with van der Waals surface area (Å²) in [5.74, 6) is 1.50. The molecule has 0 aromatic heterocycles. The van der Waals surface area contributed by atoms with Crippen molar-refractivity contribution in [1.29, 1.82) is 0 Å². The van der Waals surface area contributed by atoms with Crippen LogP contribution < -0.4 is 14.2 Å². The Kier molecular flexibility index (Phi) is 6.03. The van der Waals surface area contributed by atoms with Gasteiger partial charge in [-0.3, -0.25) is 10.1 Å². The molecule has 0 spiro atoms. The number of non-ortho nitro benzene ring substituents is 1. The first kappa shape index (κ1) is 19.8. The number of nitro groups is 1. The van der Waals surface area contributed by atoms with E-state index in [4.69, 9.17) is 14.2 Å². The summed E-state index contributed by atoms with van der Waals surface area (Å²) < 4.78 is 16.3. The Morgan fingerprint density at radius 3 is 2.10 bits per heavy atom.